The lowest BCUT2D eigenvalue weighted by molar-refractivity contribution is -0.121. The number of rotatable bonds is 10. The lowest BCUT2D eigenvalue weighted by Crippen LogP contribution is -2.17. The first kappa shape index (κ1) is 16.0. The van der Waals surface area contributed by atoms with Gasteiger partial charge in [0, 0.05) is 26.7 Å². The molecule has 0 amide bonds. The van der Waals surface area contributed by atoms with Crippen molar-refractivity contribution in [2.45, 2.75) is 26.6 Å². The Labute approximate surface area is 96.4 Å². The second-order valence-electron chi connectivity index (χ2n) is 3.01. The Kier molecular flexibility index (Phi) is 9.12. The van der Waals surface area contributed by atoms with Crippen LogP contribution in [0.15, 0.2) is 0 Å². The summed E-state index contributed by atoms with van der Waals surface area (Å²) in [6.07, 6.45) is -0.177. The smallest absolute Gasteiger partial charge is 0.330 e. The molecular weight excluding hydrogens is 235 g/mol. The van der Waals surface area contributed by atoms with Crippen LogP contribution in [-0.4, -0.2) is 44.5 Å². The fourth-order valence-electron chi connectivity index (χ4n) is 0.991. The molecule has 0 aliphatic heterocycles. The number of methoxy groups -OCH3 is 1. The highest BCUT2D eigenvalue weighted by atomic mass is 31.2. The zero-order chi connectivity index (χ0) is 12.4. The molecule has 0 spiro atoms. The van der Waals surface area contributed by atoms with Crippen LogP contribution in [0.2, 0.25) is 0 Å². The van der Waals surface area contributed by atoms with Gasteiger partial charge in [0.1, 0.15) is 0 Å². The van der Waals surface area contributed by atoms with Gasteiger partial charge >= 0.3 is 7.60 Å². The first-order chi connectivity index (χ1) is 7.55. The van der Waals surface area contributed by atoms with Crippen molar-refractivity contribution in [2.75, 3.05) is 33.3 Å². The van der Waals surface area contributed by atoms with E-state index in [1.54, 1.807) is 6.92 Å². The van der Waals surface area contributed by atoms with Crippen molar-refractivity contribution in [3.05, 3.63) is 0 Å². The molecule has 6 nitrogen and oxygen atoms in total. The summed E-state index contributed by atoms with van der Waals surface area (Å²) in [5.74, 6) is 0. The first-order valence-corrected chi connectivity index (χ1v) is 7.00. The molecule has 0 rings (SSSR count). The maximum atomic E-state index is 11.5. The van der Waals surface area contributed by atoms with Gasteiger partial charge in [-0.1, -0.05) is 0 Å². The standard InChI is InChI=1S/C9H21O6P/c1-4-13-8-15-16(10,11)7-6-9(12-3)14-5-2/h9H,4-8H2,1-3H3,(H,10,11). The van der Waals surface area contributed by atoms with E-state index in [4.69, 9.17) is 18.7 Å². The van der Waals surface area contributed by atoms with E-state index in [1.165, 1.54) is 7.11 Å². The molecule has 0 aromatic rings. The quantitative estimate of drug-likeness (QED) is 0.363. The molecule has 0 aromatic heterocycles. The van der Waals surface area contributed by atoms with E-state index in [9.17, 15) is 9.46 Å². The molecule has 16 heavy (non-hydrogen) atoms. The monoisotopic (exact) mass is 256 g/mol. The highest BCUT2D eigenvalue weighted by molar-refractivity contribution is 7.52. The van der Waals surface area contributed by atoms with Gasteiger partial charge in [0.05, 0.1) is 6.16 Å². The highest BCUT2D eigenvalue weighted by Gasteiger charge is 2.21. The lowest BCUT2D eigenvalue weighted by atomic mass is 10.5. The van der Waals surface area contributed by atoms with Gasteiger partial charge in [0.2, 0.25) is 0 Å². The van der Waals surface area contributed by atoms with Crippen LogP contribution in [0.1, 0.15) is 20.3 Å². The molecule has 1 N–H and O–H groups in total. The summed E-state index contributed by atoms with van der Waals surface area (Å²) in [7, 11) is -2.11. The second-order valence-corrected chi connectivity index (χ2v) is 4.99. The summed E-state index contributed by atoms with van der Waals surface area (Å²) in [5, 5.41) is 0. The molecule has 0 bridgehead atoms. The zero-order valence-electron chi connectivity index (χ0n) is 10.0. The summed E-state index contributed by atoms with van der Waals surface area (Å²) < 4.78 is 31.2. The van der Waals surface area contributed by atoms with Crippen molar-refractivity contribution in [3.8, 4) is 0 Å². The minimum Gasteiger partial charge on any atom is -0.356 e. The summed E-state index contributed by atoms with van der Waals surface area (Å²) >= 11 is 0. The topological polar surface area (TPSA) is 74.2 Å². The molecule has 0 heterocycles. The predicted octanol–water partition coefficient (Wildman–Crippen LogP) is 1.58. The van der Waals surface area contributed by atoms with Crippen LogP contribution in [-0.2, 0) is 23.3 Å². The lowest BCUT2D eigenvalue weighted by Gasteiger charge is -2.17. The molecule has 0 saturated carbocycles. The third-order valence-corrected chi connectivity index (χ3v) is 3.14. The summed E-state index contributed by atoms with van der Waals surface area (Å²) in [6.45, 7) is 4.38. The summed E-state index contributed by atoms with van der Waals surface area (Å²) in [6, 6.07) is 0. The Morgan fingerprint density at radius 3 is 2.50 bits per heavy atom. The summed E-state index contributed by atoms with van der Waals surface area (Å²) in [5.41, 5.74) is 0. The Bertz CT molecular complexity index is 210. The van der Waals surface area contributed by atoms with Crippen LogP contribution < -0.4 is 0 Å². The van der Waals surface area contributed by atoms with E-state index in [0.29, 0.717) is 19.6 Å². The Hall–Kier alpha value is 0.0300. The maximum Gasteiger partial charge on any atom is 0.330 e. The predicted molar refractivity (Wildman–Crippen MR) is 59.3 cm³/mol. The van der Waals surface area contributed by atoms with Crippen molar-refractivity contribution in [1.82, 2.24) is 0 Å². The van der Waals surface area contributed by atoms with Gasteiger partial charge in [0.15, 0.2) is 13.1 Å². The fraction of sp³-hybridized carbons (Fsp3) is 1.00. The fourth-order valence-corrected chi connectivity index (χ4v) is 1.90. The summed E-state index contributed by atoms with van der Waals surface area (Å²) in [4.78, 5) is 9.40. The first-order valence-electron chi connectivity index (χ1n) is 5.24. The average molecular weight is 256 g/mol. The van der Waals surface area contributed by atoms with Gasteiger partial charge in [0.25, 0.3) is 0 Å². The van der Waals surface area contributed by atoms with Gasteiger partial charge in [-0.3, -0.25) is 9.09 Å². The highest BCUT2D eigenvalue weighted by Crippen LogP contribution is 2.42. The Morgan fingerprint density at radius 1 is 1.31 bits per heavy atom. The molecule has 2 atom stereocenters. The van der Waals surface area contributed by atoms with E-state index in [0.717, 1.165) is 0 Å². The van der Waals surface area contributed by atoms with Crippen molar-refractivity contribution >= 4 is 7.60 Å². The van der Waals surface area contributed by atoms with Gasteiger partial charge in [-0.25, -0.2) is 0 Å². The van der Waals surface area contributed by atoms with Gasteiger partial charge < -0.3 is 19.1 Å². The molecular formula is C9H21O6P. The van der Waals surface area contributed by atoms with Crippen LogP contribution in [0.3, 0.4) is 0 Å². The molecule has 98 valence electrons. The maximum absolute atomic E-state index is 11.5. The van der Waals surface area contributed by atoms with Crippen LogP contribution >= 0.6 is 7.60 Å². The molecule has 0 aliphatic carbocycles. The molecule has 0 saturated heterocycles. The largest absolute Gasteiger partial charge is 0.356 e. The number of hydrogen-bond acceptors (Lipinski definition) is 5. The average Bonchev–Trinajstić information content (AvgIpc) is 2.24. The van der Waals surface area contributed by atoms with Gasteiger partial charge in [-0.05, 0) is 13.8 Å². The minimum atomic E-state index is -3.60. The number of hydrogen-bond donors (Lipinski definition) is 1. The number of ether oxygens (including phenoxy) is 3. The van der Waals surface area contributed by atoms with Gasteiger partial charge in [-0.2, -0.15) is 0 Å². The molecule has 0 aromatic carbocycles. The van der Waals surface area contributed by atoms with E-state index in [-0.39, 0.29) is 13.0 Å². The molecule has 0 fully saturated rings. The Balaban J connectivity index is 3.82. The minimum absolute atomic E-state index is 0.0153. The zero-order valence-corrected chi connectivity index (χ0v) is 10.9. The third kappa shape index (κ3) is 8.21. The second kappa shape index (κ2) is 9.10. The third-order valence-electron chi connectivity index (χ3n) is 1.80. The van der Waals surface area contributed by atoms with Crippen molar-refractivity contribution in [1.29, 1.82) is 0 Å². The van der Waals surface area contributed by atoms with Crippen molar-refractivity contribution in [2.24, 2.45) is 0 Å². The van der Waals surface area contributed by atoms with Gasteiger partial charge in [-0.15, -0.1) is 0 Å². The van der Waals surface area contributed by atoms with E-state index >= 15 is 0 Å². The van der Waals surface area contributed by atoms with Crippen LogP contribution in [0, 0.1) is 0 Å². The van der Waals surface area contributed by atoms with Crippen molar-refractivity contribution in [3.63, 3.8) is 0 Å². The SMILES string of the molecule is CCOCOP(=O)(O)CCC(OC)OCC. The Morgan fingerprint density at radius 2 is 2.00 bits per heavy atom. The van der Waals surface area contributed by atoms with Crippen LogP contribution in [0.25, 0.3) is 0 Å². The van der Waals surface area contributed by atoms with E-state index < -0.39 is 13.9 Å². The van der Waals surface area contributed by atoms with E-state index in [1.807, 2.05) is 6.92 Å². The van der Waals surface area contributed by atoms with Crippen LogP contribution in [0.4, 0.5) is 0 Å². The van der Waals surface area contributed by atoms with Crippen LogP contribution in [0.5, 0.6) is 0 Å². The molecule has 0 radical (unpaired) electrons. The molecule has 2 unspecified atom stereocenters. The van der Waals surface area contributed by atoms with E-state index in [2.05, 4.69) is 0 Å². The molecule has 0 aliphatic rings. The van der Waals surface area contributed by atoms with Crippen molar-refractivity contribution < 1.29 is 28.2 Å². The molecule has 7 heteroatoms. The normalized spacial score (nSPS) is 17.0.